The standard InChI is InChI=1S/C20H15FN4OS/c1-13-23-18(11-27-13)14-3-2-4-16(9-14)24-20(26)19-10-22-12-25(19)17-7-5-15(21)6-8-17/h2-12H,1H3,(H,24,26). The van der Waals surface area contributed by atoms with Gasteiger partial charge in [-0.15, -0.1) is 11.3 Å². The maximum absolute atomic E-state index is 13.1. The fourth-order valence-electron chi connectivity index (χ4n) is 2.72. The van der Waals surface area contributed by atoms with Crippen molar-refractivity contribution in [2.75, 3.05) is 5.32 Å². The summed E-state index contributed by atoms with van der Waals surface area (Å²) in [6.45, 7) is 1.95. The molecule has 0 bridgehead atoms. The number of anilines is 1. The summed E-state index contributed by atoms with van der Waals surface area (Å²) >= 11 is 1.58. The minimum absolute atomic E-state index is 0.302. The lowest BCUT2D eigenvalue weighted by molar-refractivity contribution is 0.102. The Bertz CT molecular complexity index is 1100. The molecular formula is C20H15FN4OS. The number of nitrogens with one attached hydrogen (secondary N) is 1. The topological polar surface area (TPSA) is 59.8 Å². The third kappa shape index (κ3) is 3.63. The number of amides is 1. The Morgan fingerprint density at radius 2 is 2.00 bits per heavy atom. The lowest BCUT2D eigenvalue weighted by atomic mass is 10.1. The summed E-state index contributed by atoms with van der Waals surface area (Å²) in [6.07, 6.45) is 3.00. The molecule has 0 spiro atoms. The zero-order valence-electron chi connectivity index (χ0n) is 14.4. The number of rotatable bonds is 4. The fourth-order valence-corrected chi connectivity index (χ4v) is 3.34. The van der Waals surface area contributed by atoms with Gasteiger partial charge in [0.1, 0.15) is 11.5 Å². The minimum Gasteiger partial charge on any atom is -0.321 e. The van der Waals surface area contributed by atoms with Crippen molar-refractivity contribution in [1.82, 2.24) is 14.5 Å². The number of aryl methyl sites for hydroxylation is 1. The number of hydrogen-bond acceptors (Lipinski definition) is 4. The Morgan fingerprint density at radius 3 is 2.74 bits per heavy atom. The molecular weight excluding hydrogens is 363 g/mol. The van der Waals surface area contributed by atoms with Crippen LogP contribution in [-0.4, -0.2) is 20.4 Å². The van der Waals surface area contributed by atoms with Crippen LogP contribution in [0.2, 0.25) is 0 Å². The van der Waals surface area contributed by atoms with Crippen LogP contribution in [0.25, 0.3) is 16.9 Å². The van der Waals surface area contributed by atoms with E-state index in [0.717, 1.165) is 16.3 Å². The van der Waals surface area contributed by atoms with E-state index < -0.39 is 0 Å². The highest BCUT2D eigenvalue weighted by Gasteiger charge is 2.14. The van der Waals surface area contributed by atoms with Crippen molar-refractivity contribution in [3.8, 4) is 16.9 Å². The van der Waals surface area contributed by atoms with Gasteiger partial charge in [0.2, 0.25) is 0 Å². The van der Waals surface area contributed by atoms with Crippen LogP contribution in [0.3, 0.4) is 0 Å². The van der Waals surface area contributed by atoms with Gasteiger partial charge in [0.25, 0.3) is 5.91 Å². The van der Waals surface area contributed by atoms with E-state index in [2.05, 4.69) is 15.3 Å². The van der Waals surface area contributed by atoms with Crippen LogP contribution in [0.1, 0.15) is 15.5 Å². The summed E-state index contributed by atoms with van der Waals surface area (Å²) < 4.78 is 14.8. The summed E-state index contributed by atoms with van der Waals surface area (Å²) in [5, 5.41) is 5.86. The third-order valence-corrected chi connectivity index (χ3v) is 4.78. The van der Waals surface area contributed by atoms with E-state index >= 15 is 0 Å². The number of aromatic nitrogens is 3. The molecule has 2 aromatic heterocycles. The van der Waals surface area contributed by atoms with Gasteiger partial charge in [0.05, 0.1) is 23.2 Å². The van der Waals surface area contributed by atoms with Crippen molar-refractivity contribution in [1.29, 1.82) is 0 Å². The van der Waals surface area contributed by atoms with Crippen LogP contribution in [0.4, 0.5) is 10.1 Å². The maximum Gasteiger partial charge on any atom is 0.274 e. The number of thiazole rings is 1. The number of hydrogen-bond donors (Lipinski definition) is 1. The molecule has 4 aromatic rings. The average Bonchev–Trinajstić information content (AvgIpc) is 3.32. The van der Waals surface area contributed by atoms with Crippen LogP contribution in [-0.2, 0) is 0 Å². The van der Waals surface area contributed by atoms with Gasteiger partial charge in [-0.25, -0.2) is 14.4 Å². The van der Waals surface area contributed by atoms with Gasteiger partial charge in [0.15, 0.2) is 0 Å². The Morgan fingerprint density at radius 1 is 1.19 bits per heavy atom. The molecule has 1 amide bonds. The first-order valence-electron chi connectivity index (χ1n) is 8.22. The van der Waals surface area contributed by atoms with E-state index in [-0.39, 0.29) is 11.7 Å². The molecule has 0 saturated carbocycles. The summed E-state index contributed by atoms with van der Waals surface area (Å²) in [6, 6.07) is 13.4. The molecule has 1 N–H and O–H groups in total. The first-order chi connectivity index (χ1) is 13.1. The molecule has 0 atom stereocenters. The normalized spacial score (nSPS) is 10.7. The van der Waals surface area contributed by atoms with Crippen molar-refractivity contribution in [2.45, 2.75) is 6.92 Å². The van der Waals surface area contributed by atoms with E-state index in [0.29, 0.717) is 17.1 Å². The summed E-state index contributed by atoms with van der Waals surface area (Å²) in [7, 11) is 0. The monoisotopic (exact) mass is 378 g/mol. The smallest absolute Gasteiger partial charge is 0.274 e. The fraction of sp³-hybridized carbons (Fsp3) is 0.0500. The van der Waals surface area contributed by atoms with E-state index in [9.17, 15) is 9.18 Å². The summed E-state index contributed by atoms with van der Waals surface area (Å²) in [4.78, 5) is 21.3. The second-order valence-corrected chi connectivity index (χ2v) is 6.97. The molecule has 7 heteroatoms. The van der Waals surface area contributed by atoms with Gasteiger partial charge in [0, 0.05) is 22.3 Å². The molecule has 0 radical (unpaired) electrons. The first-order valence-corrected chi connectivity index (χ1v) is 9.10. The van der Waals surface area contributed by atoms with Crippen LogP contribution < -0.4 is 5.32 Å². The van der Waals surface area contributed by atoms with E-state index in [4.69, 9.17) is 0 Å². The molecule has 0 aliphatic heterocycles. The van der Waals surface area contributed by atoms with Crippen LogP contribution >= 0.6 is 11.3 Å². The number of nitrogens with zero attached hydrogens (tertiary/aromatic N) is 3. The zero-order valence-corrected chi connectivity index (χ0v) is 15.2. The number of carbonyl (C=O) groups excluding carboxylic acids is 1. The quantitative estimate of drug-likeness (QED) is 0.560. The first kappa shape index (κ1) is 17.1. The predicted molar refractivity (Wildman–Crippen MR) is 104 cm³/mol. The van der Waals surface area contributed by atoms with E-state index in [1.54, 1.807) is 28.0 Å². The molecule has 0 aliphatic rings. The Kier molecular flexibility index (Phi) is 4.52. The molecule has 5 nitrogen and oxygen atoms in total. The highest BCUT2D eigenvalue weighted by atomic mass is 32.1. The summed E-state index contributed by atoms with van der Waals surface area (Å²) in [5.41, 5.74) is 3.49. The number of imidazole rings is 1. The maximum atomic E-state index is 13.1. The van der Waals surface area contributed by atoms with Crippen molar-refractivity contribution < 1.29 is 9.18 Å². The highest BCUT2D eigenvalue weighted by molar-refractivity contribution is 7.09. The zero-order chi connectivity index (χ0) is 18.8. The van der Waals surface area contributed by atoms with Gasteiger partial charge in [-0.1, -0.05) is 12.1 Å². The van der Waals surface area contributed by atoms with Crippen molar-refractivity contribution in [3.63, 3.8) is 0 Å². The molecule has 0 saturated heterocycles. The second kappa shape index (κ2) is 7.13. The highest BCUT2D eigenvalue weighted by Crippen LogP contribution is 2.24. The molecule has 0 fully saturated rings. The van der Waals surface area contributed by atoms with Crippen molar-refractivity contribution in [2.24, 2.45) is 0 Å². The second-order valence-electron chi connectivity index (χ2n) is 5.91. The lowest BCUT2D eigenvalue weighted by Crippen LogP contribution is -2.16. The number of benzene rings is 2. The molecule has 27 heavy (non-hydrogen) atoms. The Balaban J connectivity index is 1.59. The van der Waals surface area contributed by atoms with E-state index in [1.165, 1.54) is 24.7 Å². The Hall–Kier alpha value is -3.32. The van der Waals surface area contributed by atoms with Crippen molar-refractivity contribution >= 4 is 22.9 Å². The summed E-state index contributed by atoms with van der Waals surface area (Å²) in [5.74, 6) is -0.637. The van der Waals surface area contributed by atoms with E-state index in [1.807, 2.05) is 36.6 Å². The van der Waals surface area contributed by atoms with Crippen LogP contribution in [0.5, 0.6) is 0 Å². The SMILES string of the molecule is Cc1nc(-c2cccc(NC(=O)c3cncn3-c3ccc(F)cc3)c2)cs1. The van der Waals surface area contributed by atoms with Crippen molar-refractivity contribution in [3.05, 3.63) is 83.0 Å². The van der Waals surface area contributed by atoms with Crippen LogP contribution in [0, 0.1) is 12.7 Å². The largest absolute Gasteiger partial charge is 0.321 e. The average molecular weight is 378 g/mol. The number of carbonyl (C=O) groups is 1. The molecule has 4 rings (SSSR count). The molecule has 0 aliphatic carbocycles. The van der Waals surface area contributed by atoms with Gasteiger partial charge < -0.3 is 5.32 Å². The van der Waals surface area contributed by atoms with Gasteiger partial charge >= 0.3 is 0 Å². The minimum atomic E-state index is -0.334. The van der Waals surface area contributed by atoms with Gasteiger partial charge in [-0.3, -0.25) is 9.36 Å². The van der Waals surface area contributed by atoms with Gasteiger partial charge in [-0.05, 0) is 43.3 Å². The number of halogens is 1. The third-order valence-electron chi connectivity index (χ3n) is 4.01. The molecule has 2 aromatic carbocycles. The predicted octanol–water partition coefficient (Wildman–Crippen LogP) is 4.70. The lowest BCUT2D eigenvalue weighted by Gasteiger charge is -2.09. The Labute approximate surface area is 159 Å². The van der Waals surface area contributed by atoms with Crippen LogP contribution in [0.15, 0.2) is 66.4 Å². The molecule has 0 unspecified atom stereocenters. The molecule has 134 valence electrons. The molecule has 2 heterocycles. The van der Waals surface area contributed by atoms with Gasteiger partial charge in [-0.2, -0.15) is 0 Å².